The first-order valence-corrected chi connectivity index (χ1v) is 6.90. The van der Waals surface area contributed by atoms with E-state index in [2.05, 4.69) is 5.10 Å². The molecule has 0 spiro atoms. The number of furan rings is 1. The molecule has 0 fully saturated rings. The van der Waals surface area contributed by atoms with Crippen molar-refractivity contribution < 1.29 is 13.9 Å². The molecule has 3 aromatic rings. The molecule has 0 amide bonds. The lowest BCUT2D eigenvalue weighted by atomic mass is 10.2. The maximum atomic E-state index is 12.4. The summed E-state index contributed by atoms with van der Waals surface area (Å²) in [7, 11) is 1.62. The molecule has 0 aliphatic rings. The van der Waals surface area contributed by atoms with Crippen molar-refractivity contribution in [1.29, 1.82) is 0 Å². The van der Waals surface area contributed by atoms with Crippen molar-refractivity contribution in [3.8, 4) is 17.1 Å². The number of rotatable bonds is 3. The molecule has 0 N–H and O–H groups in total. The Morgan fingerprint density at radius 1 is 1.14 bits per heavy atom. The first-order chi connectivity index (χ1) is 10.6. The van der Waals surface area contributed by atoms with Crippen LogP contribution in [0.2, 0.25) is 0 Å². The minimum atomic E-state index is -0.273. The molecule has 0 bridgehead atoms. The van der Waals surface area contributed by atoms with Gasteiger partial charge in [-0.2, -0.15) is 9.78 Å². The number of aryl methyl sites for hydroxylation is 2. The van der Waals surface area contributed by atoms with Gasteiger partial charge in [0.25, 0.3) is 0 Å². The molecule has 2 heterocycles. The highest BCUT2D eigenvalue weighted by atomic mass is 16.5. The zero-order chi connectivity index (χ0) is 15.7. The van der Waals surface area contributed by atoms with Gasteiger partial charge < -0.3 is 9.15 Å². The standard InChI is InChI=1S/C17H16N2O3/c1-11-10-12(2)19(18-11)17(20)16-9-8-15(22-16)13-4-6-14(21-3)7-5-13/h4-10H,1-3H3. The summed E-state index contributed by atoms with van der Waals surface area (Å²) in [6, 6.07) is 12.8. The van der Waals surface area contributed by atoms with Gasteiger partial charge in [-0.15, -0.1) is 0 Å². The SMILES string of the molecule is COc1ccc(-c2ccc(C(=O)n3nc(C)cc3C)o2)cc1. The molecule has 0 unspecified atom stereocenters. The maximum absolute atomic E-state index is 12.4. The summed E-state index contributed by atoms with van der Waals surface area (Å²) < 4.78 is 12.2. The van der Waals surface area contributed by atoms with Crippen LogP contribution in [-0.2, 0) is 0 Å². The molecule has 0 saturated carbocycles. The van der Waals surface area contributed by atoms with Crippen molar-refractivity contribution in [2.75, 3.05) is 7.11 Å². The van der Waals surface area contributed by atoms with Crippen LogP contribution in [0.3, 0.4) is 0 Å². The van der Waals surface area contributed by atoms with E-state index in [1.807, 2.05) is 44.2 Å². The van der Waals surface area contributed by atoms with Crippen LogP contribution in [0.15, 0.2) is 46.9 Å². The maximum Gasteiger partial charge on any atom is 0.314 e. The van der Waals surface area contributed by atoms with Crippen LogP contribution in [0.4, 0.5) is 0 Å². The minimum Gasteiger partial charge on any atom is -0.497 e. The third kappa shape index (κ3) is 2.53. The summed E-state index contributed by atoms with van der Waals surface area (Å²) in [4.78, 5) is 12.4. The average Bonchev–Trinajstić information content (AvgIpc) is 3.13. The molecule has 0 aliphatic heterocycles. The first-order valence-electron chi connectivity index (χ1n) is 6.90. The fourth-order valence-corrected chi connectivity index (χ4v) is 2.30. The summed E-state index contributed by atoms with van der Waals surface area (Å²) in [5, 5.41) is 4.18. The van der Waals surface area contributed by atoms with Gasteiger partial charge in [-0.25, -0.2) is 0 Å². The van der Waals surface area contributed by atoms with Gasteiger partial charge in [-0.3, -0.25) is 4.79 Å². The predicted octanol–water partition coefficient (Wildman–Crippen LogP) is 3.46. The van der Waals surface area contributed by atoms with Gasteiger partial charge in [0.05, 0.1) is 12.8 Å². The van der Waals surface area contributed by atoms with Crippen LogP contribution in [0.1, 0.15) is 21.9 Å². The number of ether oxygens (including phenoxy) is 1. The number of methoxy groups -OCH3 is 1. The number of carbonyl (C=O) groups is 1. The summed E-state index contributed by atoms with van der Waals surface area (Å²) in [5.74, 6) is 1.39. The molecule has 3 rings (SSSR count). The fraction of sp³-hybridized carbons (Fsp3) is 0.176. The Balaban J connectivity index is 1.89. The lowest BCUT2D eigenvalue weighted by Crippen LogP contribution is -2.14. The highest BCUT2D eigenvalue weighted by Crippen LogP contribution is 2.25. The number of carbonyl (C=O) groups excluding carboxylic acids is 1. The van der Waals surface area contributed by atoms with Crippen molar-refractivity contribution in [2.45, 2.75) is 13.8 Å². The molecule has 22 heavy (non-hydrogen) atoms. The van der Waals surface area contributed by atoms with Gasteiger partial charge in [0.15, 0.2) is 5.76 Å². The van der Waals surface area contributed by atoms with Crippen LogP contribution in [-0.4, -0.2) is 22.8 Å². The number of aromatic nitrogens is 2. The van der Waals surface area contributed by atoms with Gasteiger partial charge in [-0.1, -0.05) is 0 Å². The summed E-state index contributed by atoms with van der Waals surface area (Å²) in [6.45, 7) is 3.69. The van der Waals surface area contributed by atoms with E-state index in [4.69, 9.17) is 9.15 Å². The quantitative estimate of drug-likeness (QED) is 0.742. The Morgan fingerprint density at radius 3 is 2.45 bits per heavy atom. The Bertz CT molecular complexity index is 813. The largest absolute Gasteiger partial charge is 0.497 e. The summed E-state index contributed by atoms with van der Waals surface area (Å²) in [6.07, 6.45) is 0. The van der Waals surface area contributed by atoms with Crippen LogP contribution in [0.25, 0.3) is 11.3 Å². The predicted molar refractivity (Wildman–Crippen MR) is 82.1 cm³/mol. The van der Waals surface area contributed by atoms with Crippen LogP contribution in [0.5, 0.6) is 5.75 Å². The molecule has 2 aromatic heterocycles. The Hall–Kier alpha value is -2.82. The third-order valence-electron chi connectivity index (χ3n) is 3.39. The van der Waals surface area contributed by atoms with Gasteiger partial charge in [0.1, 0.15) is 11.5 Å². The molecular weight excluding hydrogens is 280 g/mol. The smallest absolute Gasteiger partial charge is 0.314 e. The van der Waals surface area contributed by atoms with Crippen molar-refractivity contribution in [2.24, 2.45) is 0 Å². The van der Waals surface area contributed by atoms with Gasteiger partial charge in [-0.05, 0) is 56.3 Å². The van der Waals surface area contributed by atoms with E-state index in [0.717, 1.165) is 22.7 Å². The molecule has 0 radical (unpaired) electrons. The molecule has 0 aliphatic carbocycles. The van der Waals surface area contributed by atoms with E-state index in [1.54, 1.807) is 19.2 Å². The Labute approximate surface area is 128 Å². The number of hydrogen-bond donors (Lipinski definition) is 0. The second-order valence-electron chi connectivity index (χ2n) is 5.04. The van der Waals surface area contributed by atoms with Gasteiger partial charge >= 0.3 is 5.91 Å². The average molecular weight is 296 g/mol. The van der Waals surface area contributed by atoms with Gasteiger partial charge in [0, 0.05) is 11.3 Å². The normalized spacial score (nSPS) is 10.7. The molecule has 5 nitrogen and oxygen atoms in total. The number of nitrogens with zero attached hydrogens (tertiary/aromatic N) is 2. The van der Waals surface area contributed by atoms with Crippen molar-refractivity contribution >= 4 is 5.91 Å². The Kier molecular flexibility index (Phi) is 3.55. The van der Waals surface area contributed by atoms with Crippen LogP contribution >= 0.6 is 0 Å². The summed E-state index contributed by atoms with van der Waals surface area (Å²) >= 11 is 0. The monoisotopic (exact) mass is 296 g/mol. The van der Waals surface area contributed by atoms with Crippen molar-refractivity contribution in [3.63, 3.8) is 0 Å². The van der Waals surface area contributed by atoms with E-state index in [1.165, 1.54) is 4.68 Å². The van der Waals surface area contributed by atoms with Crippen LogP contribution < -0.4 is 4.74 Å². The zero-order valence-electron chi connectivity index (χ0n) is 12.7. The third-order valence-corrected chi connectivity index (χ3v) is 3.39. The topological polar surface area (TPSA) is 57.3 Å². The second-order valence-corrected chi connectivity index (χ2v) is 5.04. The molecular formula is C17H16N2O3. The number of benzene rings is 1. The fourth-order valence-electron chi connectivity index (χ4n) is 2.30. The lowest BCUT2D eigenvalue weighted by molar-refractivity contribution is 0.0915. The van der Waals surface area contributed by atoms with Crippen LogP contribution in [0, 0.1) is 13.8 Å². The lowest BCUT2D eigenvalue weighted by Gasteiger charge is -2.01. The minimum absolute atomic E-state index is 0.261. The molecule has 112 valence electrons. The van der Waals surface area contributed by atoms with Gasteiger partial charge in [0.2, 0.25) is 0 Å². The molecule has 5 heteroatoms. The number of hydrogen-bond acceptors (Lipinski definition) is 4. The van der Waals surface area contributed by atoms with Crippen molar-refractivity contribution in [3.05, 3.63) is 59.6 Å². The van der Waals surface area contributed by atoms with E-state index in [0.29, 0.717) is 5.76 Å². The zero-order valence-corrected chi connectivity index (χ0v) is 12.7. The first kappa shape index (κ1) is 14.1. The highest BCUT2D eigenvalue weighted by molar-refractivity contribution is 5.93. The van der Waals surface area contributed by atoms with E-state index in [9.17, 15) is 4.79 Å². The van der Waals surface area contributed by atoms with E-state index < -0.39 is 0 Å². The molecule has 0 atom stereocenters. The molecule has 0 saturated heterocycles. The second kappa shape index (κ2) is 5.52. The summed E-state index contributed by atoms with van der Waals surface area (Å²) in [5.41, 5.74) is 2.46. The molecule has 1 aromatic carbocycles. The van der Waals surface area contributed by atoms with E-state index in [-0.39, 0.29) is 11.7 Å². The van der Waals surface area contributed by atoms with E-state index >= 15 is 0 Å². The van der Waals surface area contributed by atoms with Crippen molar-refractivity contribution in [1.82, 2.24) is 9.78 Å². The Morgan fingerprint density at radius 2 is 1.86 bits per heavy atom. The highest BCUT2D eigenvalue weighted by Gasteiger charge is 2.17.